The molecule has 17 heavy (non-hydrogen) atoms. The van der Waals surface area contributed by atoms with Crippen LogP contribution in [0.15, 0.2) is 5.38 Å². The fourth-order valence-corrected chi connectivity index (χ4v) is 2.52. The molecule has 2 heterocycles. The lowest BCUT2D eigenvalue weighted by Gasteiger charge is -2.20. The van der Waals surface area contributed by atoms with Crippen LogP contribution in [0, 0.1) is 6.92 Å². The van der Waals surface area contributed by atoms with E-state index in [0.717, 1.165) is 12.1 Å². The van der Waals surface area contributed by atoms with Gasteiger partial charge in [-0.1, -0.05) is 0 Å². The Morgan fingerprint density at radius 1 is 1.65 bits per heavy atom. The van der Waals surface area contributed by atoms with Crippen molar-refractivity contribution in [3.05, 3.63) is 11.1 Å². The van der Waals surface area contributed by atoms with Crippen LogP contribution in [0.2, 0.25) is 0 Å². The summed E-state index contributed by atoms with van der Waals surface area (Å²) in [5.74, 6) is -0.951. The van der Waals surface area contributed by atoms with Gasteiger partial charge >= 0.3 is 12.0 Å². The van der Waals surface area contributed by atoms with E-state index in [9.17, 15) is 9.59 Å². The van der Waals surface area contributed by atoms with Crippen molar-refractivity contribution in [2.24, 2.45) is 0 Å². The molecule has 0 saturated carbocycles. The van der Waals surface area contributed by atoms with Gasteiger partial charge in [-0.05, 0) is 19.8 Å². The second-order valence-corrected chi connectivity index (χ2v) is 4.77. The van der Waals surface area contributed by atoms with Crippen molar-refractivity contribution < 1.29 is 14.7 Å². The number of nitrogens with one attached hydrogen (secondary N) is 1. The van der Waals surface area contributed by atoms with E-state index in [-0.39, 0.29) is 6.03 Å². The summed E-state index contributed by atoms with van der Waals surface area (Å²) in [7, 11) is 0. The Morgan fingerprint density at radius 2 is 2.41 bits per heavy atom. The van der Waals surface area contributed by atoms with Gasteiger partial charge in [0.25, 0.3) is 0 Å². The molecule has 7 heteroatoms. The van der Waals surface area contributed by atoms with E-state index in [1.54, 1.807) is 0 Å². The van der Waals surface area contributed by atoms with E-state index in [2.05, 4.69) is 10.3 Å². The predicted octanol–water partition coefficient (Wildman–Crippen LogP) is 1.53. The van der Waals surface area contributed by atoms with E-state index < -0.39 is 12.0 Å². The van der Waals surface area contributed by atoms with E-state index in [4.69, 9.17) is 5.11 Å². The van der Waals surface area contributed by atoms with Gasteiger partial charge in [-0.15, -0.1) is 11.3 Å². The molecular weight excluding hydrogens is 242 g/mol. The smallest absolute Gasteiger partial charge is 0.326 e. The van der Waals surface area contributed by atoms with Crippen LogP contribution in [0.1, 0.15) is 18.5 Å². The molecule has 0 bridgehead atoms. The average Bonchev–Trinajstić information content (AvgIpc) is 2.86. The van der Waals surface area contributed by atoms with Crippen LogP contribution in [0.3, 0.4) is 0 Å². The van der Waals surface area contributed by atoms with E-state index >= 15 is 0 Å². The molecule has 1 aromatic heterocycles. The van der Waals surface area contributed by atoms with Gasteiger partial charge in [0.2, 0.25) is 0 Å². The number of aromatic nitrogens is 1. The van der Waals surface area contributed by atoms with Gasteiger partial charge in [0.1, 0.15) is 6.04 Å². The Labute approximate surface area is 102 Å². The Bertz CT molecular complexity index is 446. The maximum Gasteiger partial charge on any atom is 0.326 e. The van der Waals surface area contributed by atoms with Gasteiger partial charge in [0, 0.05) is 11.9 Å². The first-order valence-electron chi connectivity index (χ1n) is 5.30. The summed E-state index contributed by atoms with van der Waals surface area (Å²) in [6, 6.07) is -1.10. The van der Waals surface area contributed by atoms with Crippen LogP contribution in [0.4, 0.5) is 9.93 Å². The minimum atomic E-state index is -0.951. The number of thiazole rings is 1. The molecule has 0 spiro atoms. The molecule has 1 aliphatic heterocycles. The van der Waals surface area contributed by atoms with Crippen LogP contribution in [0.5, 0.6) is 0 Å². The van der Waals surface area contributed by atoms with Crippen LogP contribution in [-0.2, 0) is 4.79 Å². The van der Waals surface area contributed by atoms with Crippen molar-refractivity contribution >= 4 is 28.5 Å². The van der Waals surface area contributed by atoms with Crippen molar-refractivity contribution in [3.63, 3.8) is 0 Å². The highest BCUT2D eigenvalue weighted by Crippen LogP contribution is 2.20. The number of aliphatic carboxylic acids is 1. The van der Waals surface area contributed by atoms with Gasteiger partial charge < -0.3 is 10.0 Å². The number of rotatable bonds is 2. The van der Waals surface area contributed by atoms with Crippen molar-refractivity contribution in [3.8, 4) is 0 Å². The minimum Gasteiger partial charge on any atom is -0.480 e. The topological polar surface area (TPSA) is 82.5 Å². The van der Waals surface area contributed by atoms with Crippen molar-refractivity contribution in [1.29, 1.82) is 0 Å². The highest BCUT2D eigenvalue weighted by Gasteiger charge is 2.34. The number of carboxylic acids is 1. The summed E-state index contributed by atoms with van der Waals surface area (Å²) in [6.45, 7) is 2.31. The number of anilines is 1. The van der Waals surface area contributed by atoms with Crippen molar-refractivity contribution in [2.75, 3.05) is 11.9 Å². The number of hydrogen-bond donors (Lipinski definition) is 2. The van der Waals surface area contributed by atoms with Crippen molar-refractivity contribution in [2.45, 2.75) is 25.8 Å². The maximum atomic E-state index is 11.9. The van der Waals surface area contributed by atoms with Gasteiger partial charge in [-0.3, -0.25) is 5.32 Å². The molecule has 2 amide bonds. The fraction of sp³-hybridized carbons (Fsp3) is 0.500. The number of hydrogen-bond acceptors (Lipinski definition) is 4. The van der Waals surface area contributed by atoms with Gasteiger partial charge in [-0.2, -0.15) is 0 Å². The summed E-state index contributed by atoms with van der Waals surface area (Å²) in [5.41, 5.74) is 0.835. The number of nitrogens with zero attached hydrogens (tertiary/aromatic N) is 2. The molecule has 1 unspecified atom stereocenters. The van der Waals surface area contributed by atoms with E-state index in [1.807, 2.05) is 12.3 Å². The quantitative estimate of drug-likeness (QED) is 0.839. The number of amides is 2. The molecule has 0 aliphatic carbocycles. The number of urea groups is 1. The lowest BCUT2D eigenvalue weighted by molar-refractivity contribution is -0.141. The normalized spacial score (nSPS) is 19.4. The first-order chi connectivity index (χ1) is 8.08. The molecule has 0 aromatic carbocycles. The lowest BCUT2D eigenvalue weighted by Crippen LogP contribution is -2.42. The molecule has 0 radical (unpaired) electrons. The van der Waals surface area contributed by atoms with E-state index in [1.165, 1.54) is 16.2 Å². The number of aryl methyl sites for hydroxylation is 1. The molecule has 6 nitrogen and oxygen atoms in total. The molecule has 1 aliphatic rings. The third-order valence-electron chi connectivity index (χ3n) is 2.63. The molecule has 1 saturated heterocycles. The van der Waals surface area contributed by atoms with Gasteiger partial charge in [0.05, 0.1) is 5.69 Å². The summed E-state index contributed by atoms with van der Waals surface area (Å²) >= 11 is 1.33. The molecule has 2 rings (SSSR count). The third-order valence-corrected chi connectivity index (χ3v) is 3.51. The maximum absolute atomic E-state index is 11.9. The summed E-state index contributed by atoms with van der Waals surface area (Å²) < 4.78 is 0. The number of carbonyl (C=O) groups excluding carboxylic acids is 1. The Balaban J connectivity index is 2.02. The standard InChI is InChI=1S/C10H13N3O3S/c1-6-5-17-9(11-6)12-10(16)13-4-2-3-7(13)8(14)15/h5,7H,2-4H2,1H3,(H,14,15)(H,11,12,16). The Morgan fingerprint density at radius 3 is 3.00 bits per heavy atom. The average molecular weight is 255 g/mol. The lowest BCUT2D eigenvalue weighted by atomic mass is 10.2. The predicted molar refractivity (Wildman–Crippen MR) is 63.2 cm³/mol. The minimum absolute atomic E-state index is 0.385. The number of carboxylic acid groups (broad SMARTS) is 1. The van der Waals surface area contributed by atoms with Gasteiger partial charge in [0.15, 0.2) is 5.13 Å². The zero-order chi connectivity index (χ0) is 12.4. The number of carbonyl (C=O) groups is 2. The molecule has 1 atom stereocenters. The molecule has 1 fully saturated rings. The Kier molecular flexibility index (Phi) is 3.28. The highest BCUT2D eigenvalue weighted by atomic mass is 32.1. The molecular formula is C10H13N3O3S. The SMILES string of the molecule is Cc1csc(NC(=O)N2CCCC2C(=O)O)n1. The van der Waals surface area contributed by atoms with E-state index in [0.29, 0.717) is 18.1 Å². The first kappa shape index (κ1) is 11.8. The molecule has 92 valence electrons. The zero-order valence-corrected chi connectivity index (χ0v) is 10.2. The second-order valence-electron chi connectivity index (χ2n) is 3.91. The first-order valence-corrected chi connectivity index (χ1v) is 6.18. The summed E-state index contributed by atoms with van der Waals surface area (Å²) in [4.78, 5) is 28.2. The van der Waals surface area contributed by atoms with Crippen LogP contribution in [0.25, 0.3) is 0 Å². The third kappa shape index (κ3) is 2.55. The van der Waals surface area contributed by atoms with Crippen molar-refractivity contribution in [1.82, 2.24) is 9.88 Å². The molecule has 1 aromatic rings. The number of likely N-dealkylation sites (tertiary alicyclic amines) is 1. The second kappa shape index (κ2) is 4.70. The summed E-state index contributed by atoms with van der Waals surface area (Å²) in [5, 5.41) is 13.9. The van der Waals surface area contributed by atoms with Gasteiger partial charge in [-0.25, -0.2) is 14.6 Å². The van der Waals surface area contributed by atoms with Crippen LogP contribution in [-0.4, -0.2) is 39.6 Å². The molecule has 2 N–H and O–H groups in total. The van der Waals surface area contributed by atoms with Crippen LogP contribution >= 0.6 is 11.3 Å². The fourth-order valence-electron chi connectivity index (χ4n) is 1.84. The summed E-state index contributed by atoms with van der Waals surface area (Å²) in [6.07, 6.45) is 1.24. The Hall–Kier alpha value is -1.63. The largest absolute Gasteiger partial charge is 0.480 e. The highest BCUT2D eigenvalue weighted by molar-refractivity contribution is 7.13. The zero-order valence-electron chi connectivity index (χ0n) is 9.34. The monoisotopic (exact) mass is 255 g/mol. The van der Waals surface area contributed by atoms with Crippen LogP contribution < -0.4 is 5.32 Å².